The molecule has 9 nitrogen and oxygen atoms in total. The number of urea groups is 1. The van der Waals surface area contributed by atoms with Gasteiger partial charge in [-0.05, 0) is 38.6 Å². The van der Waals surface area contributed by atoms with Gasteiger partial charge in [-0.2, -0.15) is 11.8 Å². The Bertz CT molecular complexity index is 572. The predicted octanol–water partition coefficient (Wildman–Crippen LogP) is 2.57. The van der Waals surface area contributed by atoms with Crippen molar-refractivity contribution in [3.63, 3.8) is 0 Å². The molecular formula is C25H48N4O5S. The minimum atomic E-state index is -0.0439. The highest BCUT2D eigenvalue weighted by atomic mass is 32.2. The molecule has 3 atom stereocenters. The largest absolute Gasteiger partial charge is 0.379 e. The molecule has 3 amide bonds. The Kier molecular flexibility index (Phi) is 17.3. The van der Waals surface area contributed by atoms with Gasteiger partial charge >= 0.3 is 6.03 Å². The molecule has 0 bridgehead atoms. The van der Waals surface area contributed by atoms with Crippen LogP contribution < -0.4 is 21.7 Å². The first-order valence-corrected chi connectivity index (χ1v) is 14.6. The van der Waals surface area contributed by atoms with Crippen LogP contribution in [0.3, 0.4) is 0 Å². The van der Waals surface area contributed by atoms with Crippen molar-refractivity contribution in [1.82, 2.24) is 16.0 Å². The second kappa shape index (κ2) is 20.0. The number of fused-ring (bicyclic) bond motifs is 1. The first kappa shape index (κ1) is 30.2. The van der Waals surface area contributed by atoms with Gasteiger partial charge < -0.3 is 35.9 Å². The topological polar surface area (TPSA) is 124 Å². The normalized spacial score (nSPS) is 21.1. The van der Waals surface area contributed by atoms with E-state index in [-0.39, 0.29) is 24.0 Å². The van der Waals surface area contributed by atoms with Crippen molar-refractivity contribution in [2.45, 2.75) is 88.0 Å². The van der Waals surface area contributed by atoms with E-state index >= 15 is 0 Å². The molecule has 2 fully saturated rings. The Morgan fingerprint density at radius 1 is 0.857 bits per heavy atom. The first-order valence-electron chi connectivity index (χ1n) is 13.6. The smallest absolute Gasteiger partial charge is 0.315 e. The van der Waals surface area contributed by atoms with Gasteiger partial charge in [0, 0.05) is 37.2 Å². The number of carbonyl (C=O) groups excluding carboxylic acids is 2. The molecule has 2 aliphatic rings. The van der Waals surface area contributed by atoms with Crippen molar-refractivity contribution in [2.24, 2.45) is 5.73 Å². The number of unbranched alkanes of at least 4 members (excludes halogenated alkanes) is 6. The molecule has 10 heteroatoms. The highest BCUT2D eigenvalue weighted by molar-refractivity contribution is 8.00. The number of carbonyl (C=O) groups is 2. The lowest BCUT2D eigenvalue weighted by molar-refractivity contribution is -0.121. The number of rotatable bonds is 23. The third-order valence-electron chi connectivity index (χ3n) is 6.36. The molecule has 0 aromatic heterocycles. The molecule has 35 heavy (non-hydrogen) atoms. The van der Waals surface area contributed by atoms with E-state index in [2.05, 4.69) is 16.0 Å². The Morgan fingerprint density at radius 3 is 2.26 bits per heavy atom. The number of ether oxygens (including phenoxy) is 3. The van der Waals surface area contributed by atoms with Crippen molar-refractivity contribution in [3.8, 4) is 0 Å². The first-order chi connectivity index (χ1) is 17.2. The summed E-state index contributed by atoms with van der Waals surface area (Å²) in [6.07, 6.45) is 11.5. The summed E-state index contributed by atoms with van der Waals surface area (Å²) in [6.45, 7) is 5.23. The lowest BCUT2D eigenvalue weighted by Crippen LogP contribution is -2.36. The second-order valence-corrected chi connectivity index (χ2v) is 10.6. The maximum atomic E-state index is 12.0. The van der Waals surface area contributed by atoms with E-state index in [1.54, 1.807) is 0 Å². The van der Waals surface area contributed by atoms with Crippen molar-refractivity contribution < 1.29 is 23.8 Å². The molecule has 2 saturated heterocycles. The van der Waals surface area contributed by atoms with Gasteiger partial charge in [-0.15, -0.1) is 0 Å². The summed E-state index contributed by atoms with van der Waals surface area (Å²) in [4.78, 5) is 23.4. The number of hydrogen-bond donors (Lipinski definition) is 4. The van der Waals surface area contributed by atoms with Crippen LogP contribution in [0.1, 0.15) is 70.6 Å². The van der Waals surface area contributed by atoms with Gasteiger partial charge in [0.25, 0.3) is 0 Å². The van der Waals surface area contributed by atoms with Crippen LogP contribution in [0.15, 0.2) is 0 Å². The zero-order valence-corrected chi connectivity index (χ0v) is 22.2. The average molecular weight is 517 g/mol. The summed E-state index contributed by atoms with van der Waals surface area (Å²) in [5.74, 6) is 1.08. The SMILES string of the molecule is NCCCCCCCCOCCOCCOCCCNC(=O)CCCC[C@H]1SC[C@H]2NC(=O)N[C@H]21. The Morgan fingerprint density at radius 2 is 1.51 bits per heavy atom. The van der Waals surface area contributed by atoms with Crippen LogP contribution in [-0.2, 0) is 19.0 Å². The third-order valence-corrected chi connectivity index (χ3v) is 7.86. The van der Waals surface area contributed by atoms with Crippen LogP contribution in [0.4, 0.5) is 4.79 Å². The van der Waals surface area contributed by atoms with E-state index in [0.717, 1.165) is 57.4 Å². The molecular weight excluding hydrogens is 468 g/mol. The predicted molar refractivity (Wildman–Crippen MR) is 141 cm³/mol. The highest BCUT2D eigenvalue weighted by Gasteiger charge is 2.42. The van der Waals surface area contributed by atoms with E-state index < -0.39 is 0 Å². The van der Waals surface area contributed by atoms with Crippen LogP contribution in [0.25, 0.3) is 0 Å². The van der Waals surface area contributed by atoms with Gasteiger partial charge in [-0.3, -0.25) is 4.79 Å². The zero-order valence-electron chi connectivity index (χ0n) is 21.4. The van der Waals surface area contributed by atoms with Crippen LogP contribution in [0.5, 0.6) is 0 Å². The maximum absolute atomic E-state index is 12.0. The number of hydrogen-bond acceptors (Lipinski definition) is 7. The summed E-state index contributed by atoms with van der Waals surface area (Å²) < 4.78 is 16.6. The van der Waals surface area contributed by atoms with Gasteiger partial charge in [0.2, 0.25) is 5.91 Å². The van der Waals surface area contributed by atoms with E-state index in [9.17, 15) is 9.59 Å². The second-order valence-electron chi connectivity index (χ2n) is 9.32. The molecule has 2 heterocycles. The molecule has 0 aromatic rings. The van der Waals surface area contributed by atoms with Crippen molar-refractivity contribution in [3.05, 3.63) is 0 Å². The summed E-state index contributed by atoms with van der Waals surface area (Å²) in [5, 5.41) is 9.40. The minimum Gasteiger partial charge on any atom is -0.379 e. The van der Waals surface area contributed by atoms with Crippen molar-refractivity contribution in [2.75, 3.05) is 58.5 Å². The summed E-state index contributed by atoms with van der Waals surface area (Å²) in [7, 11) is 0. The summed E-state index contributed by atoms with van der Waals surface area (Å²) >= 11 is 1.92. The van der Waals surface area contributed by atoms with Crippen LogP contribution in [0, 0.1) is 0 Å². The number of nitrogens with two attached hydrogens (primary N) is 1. The molecule has 2 aliphatic heterocycles. The maximum Gasteiger partial charge on any atom is 0.315 e. The van der Waals surface area contributed by atoms with Crippen molar-refractivity contribution >= 4 is 23.7 Å². The summed E-state index contributed by atoms with van der Waals surface area (Å²) in [6, 6.07) is 0.472. The highest BCUT2D eigenvalue weighted by Crippen LogP contribution is 2.33. The van der Waals surface area contributed by atoms with E-state index in [1.807, 2.05) is 11.8 Å². The fourth-order valence-electron chi connectivity index (χ4n) is 4.36. The Balaban J connectivity index is 1.25. The Labute approximate surface area is 215 Å². The molecule has 0 radical (unpaired) electrons. The van der Waals surface area contributed by atoms with Crippen molar-refractivity contribution in [1.29, 1.82) is 0 Å². The van der Waals surface area contributed by atoms with Gasteiger partial charge in [-0.1, -0.05) is 32.1 Å². The molecule has 204 valence electrons. The molecule has 0 spiro atoms. The fraction of sp³-hybridized carbons (Fsp3) is 0.920. The van der Waals surface area contributed by atoms with Gasteiger partial charge in [-0.25, -0.2) is 4.79 Å². The minimum absolute atomic E-state index is 0.0439. The van der Waals surface area contributed by atoms with E-state index in [4.69, 9.17) is 19.9 Å². The molecule has 5 N–H and O–H groups in total. The Hall–Kier alpha value is -1.07. The number of thioether (sulfide) groups is 1. The standard InChI is InChI=1S/C25H48N4O5S/c26-12-7-3-1-2-4-8-14-32-16-18-34-19-17-33-15-9-13-27-23(30)11-6-5-10-22-24-21(20-35-22)28-25(31)29-24/h21-22,24H,1-20,26H2,(H,27,30)(H2,28,29,31)/t21-,22-,24-/m1/s1. The number of nitrogens with one attached hydrogen (secondary N) is 3. The molecule has 0 saturated carbocycles. The van der Waals surface area contributed by atoms with E-state index in [0.29, 0.717) is 51.2 Å². The quantitative estimate of drug-likeness (QED) is 0.122. The van der Waals surface area contributed by atoms with E-state index in [1.165, 1.54) is 25.7 Å². The summed E-state index contributed by atoms with van der Waals surface area (Å²) in [5.41, 5.74) is 5.49. The zero-order chi connectivity index (χ0) is 25.0. The van der Waals surface area contributed by atoms with Crippen LogP contribution in [-0.4, -0.2) is 87.8 Å². The number of amides is 3. The molecule has 2 rings (SSSR count). The van der Waals surface area contributed by atoms with Crippen LogP contribution in [0.2, 0.25) is 0 Å². The van der Waals surface area contributed by atoms with Gasteiger partial charge in [0.15, 0.2) is 0 Å². The monoisotopic (exact) mass is 516 g/mol. The lowest BCUT2D eigenvalue weighted by atomic mass is 10.0. The molecule has 0 aromatic carbocycles. The average Bonchev–Trinajstić information content (AvgIpc) is 3.40. The van der Waals surface area contributed by atoms with Crippen LogP contribution >= 0.6 is 11.8 Å². The van der Waals surface area contributed by atoms with Gasteiger partial charge in [0.1, 0.15) is 0 Å². The molecule has 0 aliphatic carbocycles. The third kappa shape index (κ3) is 14.3. The van der Waals surface area contributed by atoms with Gasteiger partial charge in [0.05, 0.1) is 38.5 Å². The fourth-order valence-corrected chi connectivity index (χ4v) is 5.91. The molecule has 0 unspecified atom stereocenters. The lowest BCUT2D eigenvalue weighted by Gasteiger charge is -2.16.